The van der Waals surface area contributed by atoms with Crippen LogP contribution in [0.25, 0.3) is 0 Å². The lowest BCUT2D eigenvalue weighted by Gasteiger charge is -2.36. The molecule has 1 saturated heterocycles. The van der Waals surface area contributed by atoms with Crippen molar-refractivity contribution in [2.24, 2.45) is 5.92 Å². The molecule has 48 heavy (non-hydrogen) atoms. The van der Waals surface area contributed by atoms with Crippen LogP contribution in [0, 0.1) is 12.8 Å². The van der Waals surface area contributed by atoms with Gasteiger partial charge < -0.3 is 29.3 Å². The smallest absolute Gasteiger partial charge is 0.347 e. The molecule has 2 aliphatic rings. The lowest BCUT2D eigenvalue weighted by Crippen LogP contribution is -2.52. The number of H-pyrrole nitrogens is 1. The number of carbonyl (C=O) groups is 4. The van der Waals surface area contributed by atoms with E-state index in [1.807, 2.05) is 43.3 Å². The number of rotatable bonds is 14. The molecule has 1 aromatic carbocycles. The highest BCUT2D eigenvalue weighted by Gasteiger charge is 2.31. The number of amides is 1. The number of carbonyl (C=O) groups excluding carboxylic acids is 4. The summed E-state index contributed by atoms with van der Waals surface area (Å²) in [5, 5.41) is 11.0. The molecule has 0 radical (unpaired) electrons. The van der Waals surface area contributed by atoms with Gasteiger partial charge in [0.15, 0.2) is 29.3 Å². The zero-order valence-corrected chi connectivity index (χ0v) is 28.5. The molecule has 3 unspecified atom stereocenters. The second-order valence-electron chi connectivity index (χ2n) is 12.0. The molecule has 2 N–H and O–H groups in total. The van der Waals surface area contributed by atoms with E-state index in [0.29, 0.717) is 61.0 Å². The lowest BCUT2D eigenvalue weighted by molar-refractivity contribution is -0.177. The molecule has 1 aliphatic heterocycles. The maximum absolute atomic E-state index is 13.1. The van der Waals surface area contributed by atoms with Crippen LogP contribution in [0.5, 0.6) is 0 Å². The molecule has 3 heterocycles. The monoisotopic (exact) mass is 679 g/mol. The number of nitrogens with zero attached hydrogens (tertiary/aromatic N) is 5. The molecule has 1 saturated carbocycles. The Morgan fingerprint density at radius 3 is 2.21 bits per heavy atom. The van der Waals surface area contributed by atoms with Crippen molar-refractivity contribution in [3.63, 3.8) is 0 Å². The predicted octanol–water partition coefficient (Wildman–Crippen LogP) is 3.47. The van der Waals surface area contributed by atoms with E-state index in [2.05, 4.69) is 20.4 Å². The minimum Gasteiger partial charge on any atom is -0.450 e. The van der Waals surface area contributed by atoms with Crippen molar-refractivity contribution in [3.05, 3.63) is 47.7 Å². The standard InChI is InChI=1S/C33H41N7O7S/c1-19-16-28(38-37-19)34-27-18-29(36-33(35-27)48-25-10-6-23(7-11-25)17-26(41)24-8-9-24)39-12-14-40(15-13-39)30(42)20(2)46-32(44)22(4)47-31(43)21(3)45-5/h6-7,10-11,16,18,20-22,24H,8-9,12-15,17H2,1-5H3,(H2,34,35,36,37,38). The highest BCUT2D eigenvalue weighted by atomic mass is 32.2. The molecule has 2 fully saturated rings. The van der Waals surface area contributed by atoms with Gasteiger partial charge in [0.2, 0.25) is 0 Å². The predicted molar refractivity (Wildman–Crippen MR) is 177 cm³/mol. The van der Waals surface area contributed by atoms with Crippen LogP contribution >= 0.6 is 11.8 Å². The molecule has 3 aromatic rings. The summed E-state index contributed by atoms with van der Waals surface area (Å²) in [6.07, 6.45) is -0.611. The van der Waals surface area contributed by atoms with E-state index in [4.69, 9.17) is 24.2 Å². The molecule has 256 valence electrons. The van der Waals surface area contributed by atoms with Crippen LogP contribution in [0.2, 0.25) is 0 Å². The van der Waals surface area contributed by atoms with Crippen LogP contribution in [-0.4, -0.2) is 100 Å². The number of hydrogen-bond donors (Lipinski definition) is 2. The summed E-state index contributed by atoms with van der Waals surface area (Å²) in [5.41, 5.74) is 1.90. The second kappa shape index (κ2) is 15.6. The van der Waals surface area contributed by atoms with Crippen molar-refractivity contribution in [2.75, 3.05) is 43.5 Å². The van der Waals surface area contributed by atoms with Gasteiger partial charge in [0.25, 0.3) is 5.91 Å². The van der Waals surface area contributed by atoms with Gasteiger partial charge in [-0.15, -0.1) is 0 Å². The van der Waals surface area contributed by atoms with Crippen molar-refractivity contribution in [1.82, 2.24) is 25.1 Å². The lowest BCUT2D eigenvalue weighted by atomic mass is 10.1. The third kappa shape index (κ3) is 9.31. The zero-order chi connectivity index (χ0) is 34.4. The van der Waals surface area contributed by atoms with Gasteiger partial charge in [-0.2, -0.15) is 5.10 Å². The van der Waals surface area contributed by atoms with Crippen LogP contribution in [0.3, 0.4) is 0 Å². The Kier molecular flexibility index (Phi) is 11.3. The van der Waals surface area contributed by atoms with Crippen molar-refractivity contribution in [3.8, 4) is 0 Å². The number of nitrogens with one attached hydrogen (secondary N) is 2. The fourth-order valence-electron chi connectivity index (χ4n) is 4.98. The molecule has 5 rings (SSSR count). The Bertz CT molecular complexity index is 1620. The molecule has 0 spiro atoms. The molecule has 14 nitrogen and oxygen atoms in total. The number of Topliss-reactive ketones (excluding diaryl/α,β-unsaturated/α-hetero) is 1. The summed E-state index contributed by atoms with van der Waals surface area (Å²) in [7, 11) is 1.36. The van der Waals surface area contributed by atoms with Gasteiger partial charge in [0.05, 0.1) is 0 Å². The Labute approximate surface area is 283 Å². The fourth-order valence-corrected chi connectivity index (χ4v) is 5.74. The molecule has 1 aliphatic carbocycles. The van der Waals surface area contributed by atoms with Gasteiger partial charge in [0, 0.05) is 68.3 Å². The Balaban J connectivity index is 1.22. The van der Waals surface area contributed by atoms with E-state index in [-0.39, 0.29) is 11.8 Å². The molecular weight excluding hydrogens is 638 g/mol. The van der Waals surface area contributed by atoms with Crippen LogP contribution in [-0.2, 0) is 39.8 Å². The van der Waals surface area contributed by atoms with Crippen molar-refractivity contribution < 1.29 is 33.4 Å². The SMILES string of the molecule is COC(C)C(=O)OC(C)C(=O)OC(C)C(=O)N1CCN(c2cc(Nc3cc(C)[nH]n3)nc(Sc3ccc(CC(=O)C4CC4)cc3)n2)CC1. The number of anilines is 3. The van der Waals surface area contributed by atoms with E-state index < -0.39 is 30.3 Å². The molecule has 15 heteroatoms. The maximum atomic E-state index is 13.1. The Morgan fingerprint density at radius 1 is 0.917 bits per heavy atom. The first kappa shape index (κ1) is 34.8. The quantitative estimate of drug-likeness (QED) is 0.188. The van der Waals surface area contributed by atoms with Gasteiger partial charge in [-0.1, -0.05) is 12.1 Å². The fraction of sp³-hybridized carbons (Fsp3) is 0.485. The average Bonchev–Trinajstić information content (AvgIpc) is 3.86. The second-order valence-corrected chi connectivity index (χ2v) is 13.0. The van der Waals surface area contributed by atoms with Crippen molar-refractivity contribution >= 4 is 52.8 Å². The first-order valence-electron chi connectivity index (χ1n) is 15.9. The molecular formula is C33H41N7O7S. The van der Waals surface area contributed by atoms with E-state index in [0.717, 1.165) is 29.0 Å². The number of esters is 2. The highest BCUT2D eigenvalue weighted by Crippen LogP contribution is 2.32. The average molecular weight is 680 g/mol. The molecule has 0 bridgehead atoms. The first-order valence-corrected chi connectivity index (χ1v) is 16.8. The van der Waals surface area contributed by atoms with Gasteiger partial charge in [-0.25, -0.2) is 19.6 Å². The minimum atomic E-state index is -1.19. The molecule has 2 aromatic heterocycles. The number of piperazine rings is 1. The number of aromatic amines is 1. The van der Waals surface area contributed by atoms with Crippen LogP contribution in [0.1, 0.15) is 44.9 Å². The number of hydrogen-bond acceptors (Lipinski definition) is 13. The number of methoxy groups -OCH3 is 1. The molecule has 1 amide bonds. The third-order valence-electron chi connectivity index (χ3n) is 8.06. The molecule has 3 atom stereocenters. The van der Waals surface area contributed by atoms with E-state index in [1.54, 1.807) is 4.90 Å². The van der Waals surface area contributed by atoms with Gasteiger partial charge in [0.1, 0.15) is 17.4 Å². The topological polar surface area (TPSA) is 169 Å². The summed E-state index contributed by atoms with van der Waals surface area (Å²) in [5.74, 6) is 0.548. The third-order valence-corrected chi connectivity index (χ3v) is 8.94. The normalized spacial score (nSPS) is 16.5. The number of benzene rings is 1. The van der Waals surface area contributed by atoms with Gasteiger partial charge in [-0.3, -0.25) is 14.7 Å². The van der Waals surface area contributed by atoms with Crippen molar-refractivity contribution in [1.29, 1.82) is 0 Å². The summed E-state index contributed by atoms with van der Waals surface area (Å²) >= 11 is 1.41. The minimum absolute atomic E-state index is 0.234. The van der Waals surface area contributed by atoms with E-state index in [1.165, 1.54) is 39.6 Å². The Hall–Kier alpha value is -4.50. The van der Waals surface area contributed by atoms with Gasteiger partial charge >= 0.3 is 11.9 Å². The van der Waals surface area contributed by atoms with Crippen LogP contribution < -0.4 is 10.2 Å². The highest BCUT2D eigenvalue weighted by molar-refractivity contribution is 7.99. The number of ketones is 1. The summed E-state index contributed by atoms with van der Waals surface area (Å²) < 4.78 is 15.3. The van der Waals surface area contributed by atoms with Crippen LogP contribution in [0.4, 0.5) is 17.5 Å². The van der Waals surface area contributed by atoms with E-state index in [9.17, 15) is 19.2 Å². The summed E-state index contributed by atoms with van der Waals surface area (Å²) in [6, 6.07) is 11.6. The van der Waals surface area contributed by atoms with Crippen molar-refractivity contribution in [2.45, 2.75) is 75.3 Å². The van der Waals surface area contributed by atoms with Gasteiger partial charge in [-0.05, 0) is 70.0 Å². The summed E-state index contributed by atoms with van der Waals surface area (Å²) in [4.78, 5) is 64.0. The maximum Gasteiger partial charge on any atom is 0.347 e. The number of aryl methyl sites for hydroxylation is 1. The van der Waals surface area contributed by atoms with E-state index >= 15 is 0 Å². The first-order chi connectivity index (χ1) is 23.0. The number of aromatic nitrogens is 4. The zero-order valence-electron chi connectivity index (χ0n) is 27.7. The number of ether oxygens (including phenoxy) is 3. The van der Waals surface area contributed by atoms with Crippen LogP contribution in [0.15, 0.2) is 46.5 Å². The summed E-state index contributed by atoms with van der Waals surface area (Å²) in [6.45, 7) is 8.03. The largest absolute Gasteiger partial charge is 0.450 e. The Morgan fingerprint density at radius 2 is 1.58 bits per heavy atom.